The molecule has 3 heterocycles. The molecule has 0 spiro atoms. The molecule has 0 saturated carbocycles. The summed E-state index contributed by atoms with van der Waals surface area (Å²) in [4.78, 5) is 16.7. The lowest BCUT2D eigenvalue weighted by Gasteiger charge is -2.31. The highest BCUT2D eigenvalue weighted by Crippen LogP contribution is 2.40. The quantitative estimate of drug-likeness (QED) is 0.418. The summed E-state index contributed by atoms with van der Waals surface area (Å²) < 4.78 is 54.6. The number of hydrogen-bond donors (Lipinski definition) is 4. The third-order valence-corrected chi connectivity index (χ3v) is 8.47. The molecule has 0 aliphatic carbocycles. The molecule has 1 atom stereocenters. The van der Waals surface area contributed by atoms with E-state index in [1.807, 2.05) is 0 Å². The molecule has 1 aromatic carbocycles. The van der Waals surface area contributed by atoms with Crippen LogP contribution in [0.15, 0.2) is 34.8 Å². The van der Waals surface area contributed by atoms with Crippen molar-refractivity contribution in [3.63, 3.8) is 0 Å². The molecule has 1 saturated heterocycles. The van der Waals surface area contributed by atoms with E-state index in [2.05, 4.69) is 27.1 Å². The summed E-state index contributed by atoms with van der Waals surface area (Å²) in [5.74, 6) is -0.329. The van der Waals surface area contributed by atoms with Crippen LogP contribution in [0.5, 0.6) is 0 Å². The monoisotopic (exact) mass is 533 g/mol. The summed E-state index contributed by atoms with van der Waals surface area (Å²) in [5.41, 5.74) is 4.36. The number of hydrazine groups is 1. The first kappa shape index (κ1) is 26.6. The topological polar surface area (TPSA) is 125 Å². The molecular weight excluding hydrogens is 504 g/mol. The second-order valence-electron chi connectivity index (χ2n) is 9.84. The van der Waals surface area contributed by atoms with Gasteiger partial charge in [-0.1, -0.05) is 24.1 Å². The van der Waals surface area contributed by atoms with Crippen molar-refractivity contribution in [1.29, 1.82) is 0 Å². The number of fused-ring (bicyclic) bond motifs is 1. The molecular formula is C25H29F2N5O4S. The zero-order valence-corrected chi connectivity index (χ0v) is 21.5. The Morgan fingerprint density at radius 1 is 1.27 bits per heavy atom. The molecule has 198 valence electrons. The average molecular weight is 534 g/mol. The molecule has 37 heavy (non-hydrogen) atoms. The summed E-state index contributed by atoms with van der Waals surface area (Å²) in [6.07, 6.45) is 8.45. The van der Waals surface area contributed by atoms with E-state index in [0.29, 0.717) is 29.8 Å². The predicted octanol–water partition coefficient (Wildman–Crippen LogP) is 2.53. The van der Waals surface area contributed by atoms with Gasteiger partial charge in [0.1, 0.15) is 33.1 Å². The third-order valence-electron chi connectivity index (χ3n) is 6.76. The predicted molar refractivity (Wildman–Crippen MR) is 137 cm³/mol. The molecule has 2 aliphatic heterocycles. The average Bonchev–Trinajstić information content (AvgIpc) is 2.84. The molecule has 1 aromatic heterocycles. The van der Waals surface area contributed by atoms with Crippen LogP contribution in [-0.2, 0) is 22.8 Å². The number of rotatable bonds is 6. The Labute approximate surface area is 213 Å². The number of nitrogens with zero attached hydrogens (tertiary/aromatic N) is 2. The fourth-order valence-corrected chi connectivity index (χ4v) is 5.88. The van der Waals surface area contributed by atoms with Crippen LogP contribution in [0.1, 0.15) is 49.4 Å². The largest absolute Gasteiger partial charge is 0.384 e. The van der Waals surface area contributed by atoms with Crippen LogP contribution in [-0.4, -0.2) is 40.2 Å². The highest BCUT2D eigenvalue weighted by Gasteiger charge is 2.47. The number of benzene rings is 1. The van der Waals surface area contributed by atoms with E-state index in [1.54, 1.807) is 19.2 Å². The molecule has 12 heteroatoms. The number of aromatic nitrogens is 2. The summed E-state index contributed by atoms with van der Waals surface area (Å²) in [5, 5.41) is 13.0. The SMILES string of the molecule is C#C[C@@H](Nc1nc(=O)n(C)c2c1C=C(C1CCS(=O)(=O)CC1)NN2)c1cccc(C(F)(F)C(C)(C)O)c1. The molecule has 4 rings (SSSR count). The van der Waals surface area contributed by atoms with Crippen molar-refractivity contribution in [2.24, 2.45) is 13.0 Å². The van der Waals surface area contributed by atoms with E-state index < -0.39 is 38.7 Å². The Morgan fingerprint density at radius 3 is 2.57 bits per heavy atom. The maximum absolute atomic E-state index is 14.8. The maximum atomic E-state index is 14.8. The molecule has 9 nitrogen and oxygen atoms in total. The number of hydrogen-bond acceptors (Lipinski definition) is 8. The minimum atomic E-state index is -3.54. The first-order valence-corrected chi connectivity index (χ1v) is 13.5. The zero-order chi connectivity index (χ0) is 27.2. The third kappa shape index (κ3) is 5.19. The van der Waals surface area contributed by atoms with Crippen LogP contribution in [0, 0.1) is 18.3 Å². The first-order valence-electron chi connectivity index (χ1n) is 11.7. The summed E-state index contributed by atoms with van der Waals surface area (Å²) >= 11 is 0. The molecule has 0 unspecified atom stereocenters. The minimum absolute atomic E-state index is 0.0431. The fraction of sp³-hybridized carbons (Fsp3) is 0.440. The minimum Gasteiger partial charge on any atom is -0.384 e. The van der Waals surface area contributed by atoms with Gasteiger partial charge in [-0.25, -0.2) is 13.2 Å². The van der Waals surface area contributed by atoms with E-state index >= 15 is 0 Å². The van der Waals surface area contributed by atoms with Crippen LogP contribution in [0.3, 0.4) is 0 Å². The Bertz CT molecular complexity index is 1440. The molecule has 2 aliphatic rings. The van der Waals surface area contributed by atoms with Gasteiger partial charge in [0.05, 0.1) is 17.1 Å². The van der Waals surface area contributed by atoms with Gasteiger partial charge in [-0.15, -0.1) is 6.42 Å². The highest BCUT2D eigenvalue weighted by atomic mass is 32.2. The molecule has 0 radical (unpaired) electrons. The van der Waals surface area contributed by atoms with Crippen molar-refractivity contribution in [3.05, 3.63) is 57.1 Å². The maximum Gasteiger partial charge on any atom is 0.350 e. The van der Waals surface area contributed by atoms with E-state index in [4.69, 9.17) is 6.42 Å². The number of anilines is 2. The van der Waals surface area contributed by atoms with Crippen LogP contribution in [0.2, 0.25) is 0 Å². The van der Waals surface area contributed by atoms with E-state index in [0.717, 1.165) is 19.5 Å². The fourth-order valence-electron chi connectivity index (χ4n) is 4.39. The second kappa shape index (κ2) is 9.46. The summed E-state index contributed by atoms with van der Waals surface area (Å²) in [6, 6.07) is 4.49. The highest BCUT2D eigenvalue weighted by molar-refractivity contribution is 7.91. The van der Waals surface area contributed by atoms with Crippen molar-refractivity contribution >= 4 is 27.5 Å². The lowest BCUT2D eigenvalue weighted by molar-refractivity contribution is -0.168. The van der Waals surface area contributed by atoms with Gasteiger partial charge in [0.25, 0.3) is 0 Å². The normalized spacial score (nSPS) is 18.5. The summed E-state index contributed by atoms with van der Waals surface area (Å²) in [7, 11) is -1.50. The van der Waals surface area contributed by atoms with Crippen LogP contribution in [0.4, 0.5) is 20.4 Å². The number of allylic oxidation sites excluding steroid dienone is 1. The number of sulfone groups is 1. The van der Waals surface area contributed by atoms with E-state index in [9.17, 15) is 27.1 Å². The van der Waals surface area contributed by atoms with E-state index in [-0.39, 0.29) is 23.2 Å². The van der Waals surface area contributed by atoms with E-state index in [1.165, 1.54) is 22.8 Å². The molecule has 4 N–H and O–H groups in total. The smallest absolute Gasteiger partial charge is 0.350 e. The lowest BCUT2D eigenvalue weighted by atomic mass is 9.91. The van der Waals surface area contributed by atoms with Gasteiger partial charge in [-0.3, -0.25) is 9.99 Å². The van der Waals surface area contributed by atoms with Gasteiger partial charge in [-0.2, -0.15) is 13.8 Å². The van der Waals surface area contributed by atoms with Gasteiger partial charge < -0.3 is 15.8 Å². The van der Waals surface area contributed by atoms with Crippen molar-refractivity contribution in [2.75, 3.05) is 22.2 Å². The Kier molecular flexibility index (Phi) is 6.81. The molecule has 0 bridgehead atoms. The van der Waals surface area contributed by atoms with Crippen LogP contribution < -0.4 is 21.9 Å². The number of aliphatic hydroxyl groups is 1. The lowest BCUT2D eigenvalue weighted by Crippen LogP contribution is -2.40. The van der Waals surface area contributed by atoms with Crippen molar-refractivity contribution in [2.45, 2.75) is 44.3 Å². The molecule has 1 fully saturated rings. The van der Waals surface area contributed by atoms with Gasteiger partial charge in [-0.05, 0) is 44.4 Å². The van der Waals surface area contributed by atoms with Crippen molar-refractivity contribution in [1.82, 2.24) is 15.0 Å². The number of halogens is 2. The molecule has 0 amide bonds. The number of nitrogens with one attached hydrogen (secondary N) is 3. The van der Waals surface area contributed by atoms with Gasteiger partial charge in [0.2, 0.25) is 0 Å². The zero-order valence-electron chi connectivity index (χ0n) is 20.7. The van der Waals surface area contributed by atoms with Gasteiger partial charge >= 0.3 is 11.6 Å². The Morgan fingerprint density at radius 2 is 1.95 bits per heavy atom. The van der Waals surface area contributed by atoms with Gasteiger partial charge in [0.15, 0.2) is 0 Å². The van der Waals surface area contributed by atoms with Crippen molar-refractivity contribution in [3.8, 4) is 12.3 Å². The van der Waals surface area contributed by atoms with Crippen LogP contribution in [0.25, 0.3) is 6.08 Å². The molecule has 2 aromatic rings. The standard InChI is InChI=1S/C25H29F2N5O4S/c1-5-19(16-7-6-8-17(13-16)25(26,27)24(2,3)34)28-21-18-14-20(15-9-11-37(35,36)12-10-15)30-31-22(18)32(4)23(33)29-21/h1,6-8,13-15,19,30-31,34H,9-12H2,2-4H3,(H,28,29,33)/t19-/m1/s1. The number of alkyl halides is 2. The second-order valence-corrected chi connectivity index (χ2v) is 12.1. The Hall–Kier alpha value is -3.43. The summed E-state index contributed by atoms with van der Waals surface area (Å²) in [6.45, 7) is 2.05. The van der Waals surface area contributed by atoms with Crippen molar-refractivity contribution < 1.29 is 22.3 Å². The Balaban J connectivity index is 1.70. The van der Waals surface area contributed by atoms with Gasteiger partial charge in [0, 0.05) is 24.2 Å². The number of terminal acetylenes is 1. The van der Waals surface area contributed by atoms with Crippen LogP contribution >= 0.6 is 0 Å². The first-order chi connectivity index (χ1) is 17.2.